The van der Waals surface area contributed by atoms with Crippen LogP contribution < -0.4 is 0 Å². The van der Waals surface area contributed by atoms with Crippen LogP contribution in [0.25, 0.3) is 0 Å². The molecule has 98 valence electrons. The van der Waals surface area contributed by atoms with E-state index in [2.05, 4.69) is 0 Å². The van der Waals surface area contributed by atoms with Gasteiger partial charge in [-0.25, -0.2) is 0 Å². The number of nitro groups is 1. The maximum absolute atomic E-state index is 11.4. The van der Waals surface area contributed by atoms with E-state index in [9.17, 15) is 14.9 Å². The fourth-order valence-electron chi connectivity index (χ4n) is 1.34. The van der Waals surface area contributed by atoms with Crippen molar-refractivity contribution in [2.45, 2.75) is 18.7 Å². The highest BCUT2D eigenvalue weighted by atomic mass is 32.2. The Hall–Kier alpha value is -1.40. The lowest BCUT2D eigenvalue weighted by Crippen LogP contribution is -2.04. The Morgan fingerprint density at radius 3 is 2.72 bits per heavy atom. The summed E-state index contributed by atoms with van der Waals surface area (Å²) in [4.78, 5) is 22.4. The molecule has 0 fully saturated rings. The molecule has 0 aliphatic heterocycles. The van der Waals surface area contributed by atoms with Gasteiger partial charge in [0, 0.05) is 23.3 Å². The second kappa shape index (κ2) is 6.51. The van der Waals surface area contributed by atoms with Crippen molar-refractivity contribution in [1.29, 1.82) is 0 Å². The van der Waals surface area contributed by atoms with Gasteiger partial charge in [0.15, 0.2) is 5.78 Å². The van der Waals surface area contributed by atoms with Crippen LogP contribution >= 0.6 is 11.8 Å². The first-order valence-corrected chi connectivity index (χ1v) is 6.47. The molecular weight excluding hydrogens is 254 g/mol. The van der Waals surface area contributed by atoms with Gasteiger partial charge in [0.25, 0.3) is 5.69 Å². The third kappa shape index (κ3) is 3.82. The molecule has 0 saturated heterocycles. The normalized spacial score (nSPS) is 12.2. The van der Waals surface area contributed by atoms with Gasteiger partial charge in [0.1, 0.15) is 0 Å². The van der Waals surface area contributed by atoms with Crippen molar-refractivity contribution in [1.82, 2.24) is 0 Å². The number of thioether (sulfide) groups is 1. The average molecular weight is 269 g/mol. The summed E-state index contributed by atoms with van der Waals surface area (Å²) in [7, 11) is 0. The monoisotopic (exact) mass is 269 g/mol. The number of Topliss-reactive ketones (excluding diaryl/α,β-unsaturated/α-hetero) is 1. The molecule has 0 heterocycles. The third-order valence-electron chi connectivity index (χ3n) is 2.39. The third-order valence-corrected chi connectivity index (χ3v) is 3.71. The summed E-state index contributed by atoms with van der Waals surface area (Å²) in [5, 5.41) is 19.7. The van der Waals surface area contributed by atoms with Gasteiger partial charge in [-0.1, -0.05) is 6.92 Å². The van der Waals surface area contributed by atoms with Crippen molar-refractivity contribution in [3.05, 3.63) is 33.9 Å². The Balaban J connectivity index is 2.93. The van der Waals surface area contributed by atoms with Crippen molar-refractivity contribution in [2.75, 3.05) is 12.4 Å². The van der Waals surface area contributed by atoms with Crippen LogP contribution in [0.3, 0.4) is 0 Å². The average Bonchev–Trinajstić information content (AvgIpc) is 2.35. The molecule has 1 aromatic carbocycles. The lowest BCUT2D eigenvalue weighted by molar-refractivity contribution is -0.385. The van der Waals surface area contributed by atoms with Crippen molar-refractivity contribution in [3.8, 4) is 0 Å². The Kier molecular flexibility index (Phi) is 5.30. The Morgan fingerprint density at radius 1 is 1.56 bits per heavy atom. The molecule has 1 rings (SSSR count). The highest BCUT2D eigenvalue weighted by Crippen LogP contribution is 2.27. The second-order valence-corrected chi connectivity index (χ2v) is 5.18. The number of ketones is 1. The number of hydrogen-bond acceptors (Lipinski definition) is 5. The van der Waals surface area contributed by atoms with Crippen LogP contribution in [0.4, 0.5) is 5.69 Å². The number of carbonyl (C=O) groups excluding carboxylic acids is 1. The van der Waals surface area contributed by atoms with Gasteiger partial charge in [0.05, 0.1) is 10.5 Å². The summed E-state index contributed by atoms with van der Waals surface area (Å²) in [6.07, 6.45) is 0. The maximum Gasteiger partial charge on any atom is 0.280 e. The van der Waals surface area contributed by atoms with Crippen molar-refractivity contribution in [2.24, 2.45) is 5.92 Å². The molecule has 5 nitrogen and oxygen atoms in total. The molecule has 1 atom stereocenters. The number of nitrogens with zero attached hydrogens (tertiary/aromatic N) is 1. The van der Waals surface area contributed by atoms with Crippen molar-refractivity contribution in [3.63, 3.8) is 0 Å². The lowest BCUT2D eigenvalue weighted by Gasteiger charge is -2.08. The van der Waals surface area contributed by atoms with E-state index >= 15 is 0 Å². The smallest absolute Gasteiger partial charge is 0.280 e. The van der Waals surface area contributed by atoms with Gasteiger partial charge in [-0.2, -0.15) is 0 Å². The summed E-state index contributed by atoms with van der Waals surface area (Å²) >= 11 is 1.47. The first kappa shape index (κ1) is 14.7. The van der Waals surface area contributed by atoms with Crippen LogP contribution in [0, 0.1) is 16.0 Å². The van der Waals surface area contributed by atoms with Crippen LogP contribution in [0.5, 0.6) is 0 Å². The van der Waals surface area contributed by atoms with E-state index in [1.54, 1.807) is 6.07 Å². The van der Waals surface area contributed by atoms with E-state index in [4.69, 9.17) is 5.11 Å². The van der Waals surface area contributed by atoms with Crippen LogP contribution in [0.1, 0.15) is 24.2 Å². The predicted octanol–water partition coefficient (Wildman–Crippen LogP) is 2.52. The van der Waals surface area contributed by atoms with Crippen LogP contribution in [-0.4, -0.2) is 28.2 Å². The minimum Gasteiger partial charge on any atom is -0.396 e. The number of benzene rings is 1. The van der Waals surface area contributed by atoms with Gasteiger partial charge in [-0.15, -0.1) is 11.8 Å². The van der Waals surface area contributed by atoms with Crippen molar-refractivity contribution >= 4 is 23.2 Å². The number of hydrogen-bond donors (Lipinski definition) is 1. The maximum atomic E-state index is 11.4. The zero-order valence-corrected chi connectivity index (χ0v) is 11.1. The summed E-state index contributed by atoms with van der Waals surface area (Å²) in [5.74, 6) is 0.524. The number of rotatable bonds is 6. The van der Waals surface area contributed by atoms with Crippen LogP contribution in [0.15, 0.2) is 23.1 Å². The van der Waals surface area contributed by atoms with Gasteiger partial charge in [-0.05, 0) is 25.0 Å². The molecule has 1 unspecified atom stereocenters. The quantitative estimate of drug-likeness (QED) is 0.371. The molecule has 1 N–H and O–H groups in total. The SMILES string of the molecule is CC(=O)c1cc(SCC(C)CO)ccc1[N+](=O)[O-]. The molecule has 0 aromatic heterocycles. The number of aliphatic hydroxyl groups is 1. The zero-order valence-electron chi connectivity index (χ0n) is 10.3. The minimum atomic E-state index is -0.554. The van der Waals surface area contributed by atoms with E-state index in [1.165, 1.54) is 30.8 Å². The molecule has 0 bridgehead atoms. The predicted molar refractivity (Wildman–Crippen MR) is 70.1 cm³/mol. The molecule has 0 radical (unpaired) electrons. The molecule has 0 aliphatic rings. The first-order valence-electron chi connectivity index (χ1n) is 5.48. The van der Waals surface area contributed by atoms with Crippen molar-refractivity contribution < 1.29 is 14.8 Å². The minimum absolute atomic E-state index is 0.0968. The second-order valence-electron chi connectivity index (χ2n) is 4.09. The number of aliphatic hydroxyl groups excluding tert-OH is 1. The fraction of sp³-hybridized carbons (Fsp3) is 0.417. The first-order chi connectivity index (χ1) is 8.45. The molecule has 1 aromatic rings. The van der Waals surface area contributed by atoms with Gasteiger partial charge in [-0.3, -0.25) is 14.9 Å². The molecule has 18 heavy (non-hydrogen) atoms. The summed E-state index contributed by atoms with van der Waals surface area (Å²) in [6, 6.07) is 4.51. The summed E-state index contributed by atoms with van der Waals surface area (Å²) in [5.41, 5.74) is -0.0382. The molecule has 0 aliphatic carbocycles. The molecule has 6 heteroatoms. The lowest BCUT2D eigenvalue weighted by atomic mass is 10.1. The van der Waals surface area contributed by atoms with E-state index in [0.717, 1.165) is 4.90 Å². The van der Waals surface area contributed by atoms with E-state index in [0.29, 0.717) is 5.75 Å². The largest absolute Gasteiger partial charge is 0.396 e. The van der Waals surface area contributed by atoms with Gasteiger partial charge < -0.3 is 5.11 Å². The molecular formula is C12H15NO4S. The zero-order chi connectivity index (χ0) is 13.7. The Labute approximate surface area is 109 Å². The highest BCUT2D eigenvalue weighted by molar-refractivity contribution is 7.99. The molecule has 0 spiro atoms. The van der Waals surface area contributed by atoms with Crippen LogP contribution in [0.2, 0.25) is 0 Å². The van der Waals surface area contributed by atoms with E-state index in [-0.39, 0.29) is 29.6 Å². The van der Waals surface area contributed by atoms with E-state index in [1.807, 2.05) is 6.92 Å². The van der Waals surface area contributed by atoms with Crippen LogP contribution in [-0.2, 0) is 0 Å². The summed E-state index contributed by atoms with van der Waals surface area (Å²) in [6.45, 7) is 3.32. The standard InChI is InChI=1S/C12H15NO4S/c1-8(6-14)7-18-10-3-4-12(13(16)17)11(5-10)9(2)15/h3-5,8,14H,6-7H2,1-2H3. The molecule has 0 amide bonds. The fourth-order valence-corrected chi connectivity index (χ4v) is 2.29. The number of carbonyl (C=O) groups is 1. The van der Waals surface area contributed by atoms with Gasteiger partial charge >= 0.3 is 0 Å². The summed E-state index contributed by atoms with van der Waals surface area (Å²) < 4.78 is 0. The Bertz CT molecular complexity index is 461. The number of nitro benzene ring substituents is 1. The Morgan fingerprint density at radius 2 is 2.22 bits per heavy atom. The molecule has 0 saturated carbocycles. The van der Waals surface area contributed by atoms with Gasteiger partial charge in [0.2, 0.25) is 0 Å². The highest BCUT2D eigenvalue weighted by Gasteiger charge is 2.17. The van der Waals surface area contributed by atoms with E-state index < -0.39 is 4.92 Å². The topological polar surface area (TPSA) is 80.4 Å².